The number of rotatable bonds is 5. The Morgan fingerprint density at radius 3 is 2.61 bits per heavy atom. The SMILES string of the molecule is Cc1ccc(-n2c(=O)c3c4c(sc3n3c(SCCc5ccccc5)nnc23)CCCC4)cc1. The number of fused-ring (bicyclic) bond motifs is 5. The van der Waals surface area contributed by atoms with Gasteiger partial charge >= 0.3 is 0 Å². The third-order valence-corrected chi connectivity index (χ3v) is 8.55. The van der Waals surface area contributed by atoms with Crippen molar-refractivity contribution in [3.05, 3.63) is 86.5 Å². The van der Waals surface area contributed by atoms with E-state index in [2.05, 4.69) is 45.8 Å². The van der Waals surface area contributed by atoms with Gasteiger partial charge in [-0.1, -0.05) is 59.8 Å². The van der Waals surface area contributed by atoms with Crippen LogP contribution in [0.3, 0.4) is 0 Å². The number of thioether (sulfide) groups is 1. The smallest absolute Gasteiger partial charge is 0.268 e. The average Bonchev–Trinajstić information content (AvgIpc) is 3.43. The van der Waals surface area contributed by atoms with Crippen molar-refractivity contribution < 1.29 is 0 Å². The first-order chi connectivity index (χ1) is 16.2. The molecule has 166 valence electrons. The van der Waals surface area contributed by atoms with Gasteiger partial charge < -0.3 is 0 Å². The number of hydrogen-bond acceptors (Lipinski definition) is 5. The Balaban J connectivity index is 1.53. The predicted molar refractivity (Wildman–Crippen MR) is 136 cm³/mol. The molecule has 1 aliphatic rings. The van der Waals surface area contributed by atoms with Gasteiger partial charge in [-0.2, -0.15) is 0 Å². The van der Waals surface area contributed by atoms with Crippen LogP contribution in [0.2, 0.25) is 0 Å². The molecule has 0 atom stereocenters. The minimum Gasteiger partial charge on any atom is -0.268 e. The molecular formula is C26H24N4OS2. The molecule has 5 nitrogen and oxygen atoms in total. The number of aryl methyl sites for hydroxylation is 4. The molecular weight excluding hydrogens is 448 g/mol. The lowest BCUT2D eigenvalue weighted by molar-refractivity contribution is 0.699. The molecule has 0 bridgehead atoms. The van der Waals surface area contributed by atoms with E-state index >= 15 is 0 Å². The van der Waals surface area contributed by atoms with E-state index in [0.717, 1.165) is 58.1 Å². The normalized spacial score (nSPS) is 13.6. The minimum atomic E-state index is 0.0222. The Kier molecular flexibility index (Phi) is 5.31. The van der Waals surface area contributed by atoms with Crippen molar-refractivity contribution in [1.82, 2.24) is 19.2 Å². The van der Waals surface area contributed by atoms with Crippen LogP contribution in [0.25, 0.3) is 21.7 Å². The van der Waals surface area contributed by atoms with Crippen LogP contribution in [0.5, 0.6) is 0 Å². The van der Waals surface area contributed by atoms with Gasteiger partial charge in [0.25, 0.3) is 5.56 Å². The molecule has 0 aliphatic heterocycles. The highest BCUT2D eigenvalue weighted by molar-refractivity contribution is 7.99. The second-order valence-electron chi connectivity index (χ2n) is 8.57. The van der Waals surface area contributed by atoms with Crippen LogP contribution in [0.1, 0.15) is 34.4 Å². The van der Waals surface area contributed by atoms with Crippen LogP contribution in [0.4, 0.5) is 0 Å². The van der Waals surface area contributed by atoms with E-state index in [0.29, 0.717) is 5.78 Å². The van der Waals surface area contributed by atoms with Crippen LogP contribution >= 0.6 is 23.1 Å². The molecule has 0 saturated heterocycles. The standard InChI is InChI=1S/C26H24N4OS2/c1-17-11-13-19(14-12-17)29-23(31)22-20-9-5-6-10-21(20)33-24(22)30-25(29)27-28-26(30)32-16-15-18-7-3-2-4-8-18/h2-4,7-8,11-14H,5-6,9-10,15-16H2,1H3. The summed E-state index contributed by atoms with van der Waals surface area (Å²) in [6.07, 6.45) is 5.32. The lowest BCUT2D eigenvalue weighted by atomic mass is 9.97. The Labute approximate surface area is 200 Å². The maximum atomic E-state index is 13.9. The summed E-state index contributed by atoms with van der Waals surface area (Å²) in [7, 11) is 0. The summed E-state index contributed by atoms with van der Waals surface area (Å²) in [5.74, 6) is 1.50. The highest BCUT2D eigenvalue weighted by Crippen LogP contribution is 2.36. The van der Waals surface area contributed by atoms with Crippen molar-refractivity contribution in [2.24, 2.45) is 0 Å². The van der Waals surface area contributed by atoms with Gasteiger partial charge in [0.1, 0.15) is 4.83 Å². The molecule has 0 saturated carbocycles. The fourth-order valence-electron chi connectivity index (χ4n) is 4.64. The van der Waals surface area contributed by atoms with E-state index in [9.17, 15) is 4.79 Å². The zero-order chi connectivity index (χ0) is 22.4. The number of hydrogen-bond donors (Lipinski definition) is 0. The number of thiophene rings is 1. The molecule has 0 unspecified atom stereocenters. The summed E-state index contributed by atoms with van der Waals surface area (Å²) in [5.41, 5.74) is 4.57. The van der Waals surface area contributed by atoms with Crippen molar-refractivity contribution in [2.45, 2.75) is 44.2 Å². The third kappa shape index (κ3) is 3.60. The first kappa shape index (κ1) is 20.7. The first-order valence-electron chi connectivity index (χ1n) is 11.4. The first-order valence-corrected chi connectivity index (χ1v) is 13.2. The largest absolute Gasteiger partial charge is 0.268 e. The third-order valence-electron chi connectivity index (χ3n) is 6.35. The maximum Gasteiger partial charge on any atom is 0.268 e. The molecule has 3 aromatic heterocycles. The Morgan fingerprint density at radius 2 is 1.79 bits per heavy atom. The average molecular weight is 473 g/mol. The number of benzene rings is 2. The topological polar surface area (TPSA) is 52.2 Å². The molecule has 0 N–H and O–H groups in total. The highest BCUT2D eigenvalue weighted by atomic mass is 32.2. The molecule has 5 aromatic rings. The summed E-state index contributed by atoms with van der Waals surface area (Å²) in [4.78, 5) is 16.2. The second-order valence-corrected chi connectivity index (χ2v) is 10.7. The molecule has 0 amide bonds. The van der Waals surface area contributed by atoms with Crippen molar-refractivity contribution in [3.63, 3.8) is 0 Å². The van der Waals surface area contributed by atoms with Crippen molar-refractivity contribution in [3.8, 4) is 5.69 Å². The van der Waals surface area contributed by atoms with E-state index in [4.69, 9.17) is 0 Å². The molecule has 3 heterocycles. The van der Waals surface area contributed by atoms with Crippen LogP contribution in [-0.2, 0) is 19.3 Å². The van der Waals surface area contributed by atoms with E-state index in [1.54, 1.807) is 27.7 Å². The van der Waals surface area contributed by atoms with Crippen molar-refractivity contribution in [2.75, 3.05) is 5.75 Å². The molecule has 0 fully saturated rings. The van der Waals surface area contributed by atoms with Crippen molar-refractivity contribution >= 4 is 39.1 Å². The fourth-order valence-corrected chi connectivity index (χ4v) is 7.00. The van der Waals surface area contributed by atoms with Crippen LogP contribution in [0.15, 0.2) is 64.5 Å². The lowest BCUT2D eigenvalue weighted by Gasteiger charge is -2.12. The van der Waals surface area contributed by atoms with E-state index in [1.807, 2.05) is 30.3 Å². The lowest BCUT2D eigenvalue weighted by Crippen LogP contribution is -2.22. The van der Waals surface area contributed by atoms with Gasteiger partial charge in [-0.25, -0.2) is 8.97 Å². The Morgan fingerprint density at radius 1 is 1.00 bits per heavy atom. The van der Waals surface area contributed by atoms with Gasteiger partial charge in [-0.15, -0.1) is 21.5 Å². The predicted octanol–water partition coefficient (Wildman–Crippen LogP) is 5.62. The van der Waals surface area contributed by atoms with Gasteiger partial charge in [0.15, 0.2) is 5.16 Å². The van der Waals surface area contributed by atoms with Crippen molar-refractivity contribution in [1.29, 1.82) is 0 Å². The fraction of sp³-hybridized carbons (Fsp3) is 0.269. The summed E-state index contributed by atoms with van der Waals surface area (Å²) < 4.78 is 3.87. The van der Waals surface area contributed by atoms with E-state index < -0.39 is 0 Å². The Bertz CT molecular complexity index is 1510. The summed E-state index contributed by atoms with van der Waals surface area (Å²) in [6, 6.07) is 18.6. The van der Waals surface area contributed by atoms with Gasteiger partial charge in [0.05, 0.1) is 11.1 Å². The van der Waals surface area contributed by atoms with Gasteiger partial charge in [-0.05, 0) is 62.3 Å². The van der Waals surface area contributed by atoms with Gasteiger partial charge in [-0.3, -0.25) is 4.79 Å². The summed E-state index contributed by atoms with van der Waals surface area (Å²) in [6.45, 7) is 2.05. The van der Waals surface area contributed by atoms with E-state index in [1.165, 1.54) is 22.4 Å². The molecule has 6 rings (SSSR count). The zero-order valence-corrected chi connectivity index (χ0v) is 20.1. The molecule has 33 heavy (non-hydrogen) atoms. The quantitative estimate of drug-likeness (QED) is 0.312. The van der Waals surface area contributed by atoms with Crippen LogP contribution < -0.4 is 5.56 Å². The van der Waals surface area contributed by atoms with Gasteiger partial charge in [0.2, 0.25) is 5.78 Å². The molecule has 2 aromatic carbocycles. The molecule has 0 radical (unpaired) electrons. The van der Waals surface area contributed by atoms with Crippen LogP contribution in [0, 0.1) is 6.92 Å². The minimum absolute atomic E-state index is 0.0222. The number of nitrogens with zero attached hydrogens (tertiary/aromatic N) is 4. The monoisotopic (exact) mass is 472 g/mol. The Hall–Kier alpha value is -2.90. The maximum absolute atomic E-state index is 13.9. The summed E-state index contributed by atoms with van der Waals surface area (Å²) in [5, 5.41) is 10.8. The zero-order valence-electron chi connectivity index (χ0n) is 18.5. The van der Waals surface area contributed by atoms with Gasteiger partial charge in [0, 0.05) is 10.6 Å². The highest BCUT2D eigenvalue weighted by Gasteiger charge is 2.25. The molecule has 1 aliphatic carbocycles. The molecule has 7 heteroatoms. The van der Waals surface area contributed by atoms with Crippen LogP contribution in [-0.4, -0.2) is 24.9 Å². The second kappa shape index (κ2) is 8.47. The summed E-state index contributed by atoms with van der Waals surface area (Å²) >= 11 is 3.46. The van der Waals surface area contributed by atoms with E-state index in [-0.39, 0.29) is 5.56 Å². The molecule has 0 spiro atoms. The number of aromatic nitrogens is 4.